The smallest absolute Gasteiger partial charge is 0.255 e. The van der Waals surface area contributed by atoms with Gasteiger partial charge in [-0.2, -0.15) is 0 Å². The summed E-state index contributed by atoms with van der Waals surface area (Å²) in [6, 6.07) is 0.0637. The molecule has 1 aliphatic carbocycles. The second-order valence-corrected chi connectivity index (χ2v) is 6.12. The molecule has 0 aromatic carbocycles. The standard InChI is InChI=1S/C16H24N2O3/c1-10-9-21-11(2)14(10)15(19)17-13-7-5-6-12(8-13)16(20)18(3)4/h9,12-13H,5-8H2,1-4H3,(H,17,19)/t12-,13+/m0/s1. The molecule has 0 spiro atoms. The SMILES string of the molecule is Cc1coc(C)c1C(=O)N[C@@H]1CCC[C@H](C(=O)N(C)C)C1. The highest BCUT2D eigenvalue weighted by Gasteiger charge is 2.29. The van der Waals surface area contributed by atoms with Crippen molar-refractivity contribution in [3.8, 4) is 0 Å². The number of carbonyl (C=O) groups excluding carboxylic acids is 2. The van der Waals surface area contributed by atoms with Crippen LogP contribution in [0.2, 0.25) is 0 Å². The van der Waals surface area contributed by atoms with Crippen LogP contribution in [-0.4, -0.2) is 36.9 Å². The number of amides is 2. The van der Waals surface area contributed by atoms with Crippen LogP contribution in [0.15, 0.2) is 10.7 Å². The molecule has 1 saturated carbocycles. The van der Waals surface area contributed by atoms with E-state index in [1.165, 1.54) is 0 Å². The molecule has 0 aliphatic heterocycles. The van der Waals surface area contributed by atoms with Crippen molar-refractivity contribution in [1.82, 2.24) is 10.2 Å². The number of aryl methyl sites for hydroxylation is 2. The fourth-order valence-electron chi connectivity index (χ4n) is 3.08. The lowest BCUT2D eigenvalue weighted by atomic mass is 9.84. The van der Waals surface area contributed by atoms with E-state index in [2.05, 4.69) is 5.32 Å². The van der Waals surface area contributed by atoms with Gasteiger partial charge in [0, 0.05) is 31.6 Å². The van der Waals surface area contributed by atoms with Crippen LogP contribution in [0.4, 0.5) is 0 Å². The van der Waals surface area contributed by atoms with Crippen molar-refractivity contribution in [3.05, 3.63) is 23.2 Å². The van der Waals surface area contributed by atoms with Crippen molar-refractivity contribution < 1.29 is 14.0 Å². The van der Waals surface area contributed by atoms with Gasteiger partial charge in [-0.15, -0.1) is 0 Å². The van der Waals surface area contributed by atoms with E-state index in [9.17, 15) is 9.59 Å². The fraction of sp³-hybridized carbons (Fsp3) is 0.625. The van der Waals surface area contributed by atoms with E-state index in [0.29, 0.717) is 11.3 Å². The summed E-state index contributed by atoms with van der Waals surface area (Å²) < 4.78 is 5.27. The molecule has 0 unspecified atom stereocenters. The first-order valence-electron chi connectivity index (χ1n) is 7.47. The van der Waals surface area contributed by atoms with Crippen molar-refractivity contribution in [2.75, 3.05) is 14.1 Å². The summed E-state index contributed by atoms with van der Waals surface area (Å²) in [5, 5.41) is 3.06. The fourth-order valence-corrected chi connectivity index (χ4v) is 3.08. The minimum absolute atomic E-state index is 0.0191. The monoisotopic (exact) mass is 292 g/mol. The Balaban J connectivity index is 2.00. The van der Waals surface area contributed by atoms with Gasteiger partial charge in [0.05, 0.1) is 11.8 Å². The van der Waals surface area contributed by atoms with Crippen LogP contribution in [0.5, 0.6) is 0 Å². The van der Waals surface area contributed by atoms with Gasteiger partial charge in [0.1, 0.15) is 5.76 Å². The molecule has 2 atom stereocenters. The maximum absolute atomic E-state index is 12.4. The lowest BCUT2D eigenvalue weighted by Crippen LogP contribution is -2.42. The lowest BCUT2D eigenvalue weighted by molar-refractivity contribution is -0.134. The molecule has 2 rings (SSSR count). The first-order valence-corrected chi connectivity index (χ1v) is 7.47. The van der Waals surface area contributed by atoms with Gasteiger partial charge in [0.2, 0.25) is 5.91 Å². The van der Waals surface area contributed by atoms with E-state index in [4.69, 9.17) is 4.42 Å². The van der Waals surface area contributed by atoms with Crippen LogP contribution < -0.4 is 5.32 Å². The van der Waals surface area contributed by atoms with Crippen molar-refractivity contribution in [1.29, 1.82) is 0 Å². The molecule has 5 nitrogen and oxygen atoms in total. The predicted octanol–water partition coefficient (Wildman–Crippen LogP) is 2.27. The summed E-state index contributed by atoms with van der Waals surface area (Å²) in [7, 11) is 3.56. The topological polar surface area (TPSA) is 62.6 Å². The number of nitrogens with zero attached hydrogens (tertiary/aromatic N) is 1. The molecule has 0 radical (unpaired) electrons. The maximum atomic E-state index is 12.4. The van der Waals surface area contributed by atoms with Crippen molar-refractivity contribution >= 4 is 11.8 Å². The minimum atomic E-state index is -0.0956. The predicted molar refractivity (Wildman–Crippen MR) is 80.1 cm³/mol. The first-order chi connectivity index (χ1) is 9.90. The Morgan fingerprint density at radius 3 is 2.57 bits per heavy atom. The maximum Gasteiger partial charge on any atom is 0.255 e. The number of nitrogens with one attached hydrogen (secondary N) is 1. The quantitative estimate of drug-likeness (QED) is 0.929. The van der Waals surface area contributed by atoms with E-state index < -0.39 is 0 Å². The van der Waals surface area contributed by atoms with Gasteiger partial charge in [-0.1, -0.05) is 6.42 Å². The molecule has 1 aromatic rings. The number of hydrogen-bond acceptors (Lipinski definition) is 3. The third-order valence-corrected chi connectivity index (χ3v) is 4.19. The molecule has 5 heteroatoms. The summed E-state index contributed by atoms with van der Waals surface area (Å²) in [4.78, 5) is 26.1. The summed E-state index contributed by atoms with van der Waals surface area (Å²) in [5.74, 6) is 0.721. The highest BCUT2D eigenvalue weighted by atomic mass is 16.3. The Kier molecular flexibility index (Phi) is 4.70. The van der Waals surface area contributed by atoms with E-state index in [-0.39, 0.29) is 23.8 Å². The first kappa shape index (κ1) is 15.6. The summed E-state index contributed by atoms with van der Waals surface area (Å²) >= 11 is 0. The van der Waals surface area contributed by atoms with E-state index in [0.717, 1.165) is 31.2 Å². The Morgan fingerprint density at radius 1 is 1.29 bits per heavy atom. The highest BCUT2D eigenvalue weighted by molar-refractivity contribution is 5.96. The zero-order valence-electron chi connectivity index (χ0n) is 13.2. The van der Waals surface area contributed by atoms with Gasteiger partial charge >= 0.3 is 0 Å². The minimum Gasteiger partial charge on any atom is -0.469 e. The summed E-state index contributed by atoms with van der Waals surface area (Å²) in [5.41, 5.74) is 1.47. The van der Waals surface area contributed by atoms with Crippen molar-refractivity contribution in [3.63, 3.8) is 0 Å². The van der Waals surface area contributed by atoms with Crippen LogP contribution in [0.3, 0.4) is 0 Å². The van der Waals surface area contributed by atoms with Crippen LogP contribution in [-0.2, 0) is 4.79 Å². The molecular weight excluding hydrogens is 268 g/mol. The zero-order chi connectivity index (χ0) is 15.6. The van der Waals surface area contributed by atoms with Gasteiger partial charge in [-0.05, 0) is 33.1 Å². The average Bonchev–Trinajstić information content (AvgIpc) is 2.77. The Labute approximate surface area is 125 Å². The molecule has 1 fully saturated rings. The Hall–Kier alpha value is -1.78. The summed E-state index contributed by atoms with van der Waals surface area (Å²) in [6.07, 6.45) is 5.13. The molecule has 1 aliphatic rings. The molecule has 21 heavy (non-hydrogen) atoms. The second kappa shape index (κ2) is 6.33. The van der Waals surface area contributed by atoms with Gasteiger partial charge in [-0.3, -0.25) is 9.59 Å². The molecule has 1 N–H and O–H groups in total. The third-order valence-electron chi connectivity index (χ3n) is 4.19. The molecule has 116 valence electrons. The highest BCUT2D eigenvalue weighted by Crippen LogP contribution is 2.26. The van der Waals surface area contributed by atoms with E-state index >= 15 is 0 Å². The zero-order valence-corrected chi connectivity index (χ0v) is 13.2. The van der Waals surface area contributed by atoms with E-state index in [1.54, 1.807) is 32.2 Å². The lowest BCUT2D eigenvalue weighted by Gasteiger charge is -2.30. The number of furan rings is 1. The van der Waals surface area contributed by atoms with Crippen molar-refractivity contribution in [2.24, 2.45) is 5.92 Å². The number of hydrogen-bond donors (Lipinski definition) is 1. The average molecular weight is 292 g/mol. The van der Waals surface area contributed by atoms with Crippen LogP contribution >= 0.6 is 0 Å². The molecule has 2 amide bonds. The largest absolute Gasteiger partial charge is 0.469 e. The van der Waals surface area contributed by atoms with Gasteiger partial charge < -0.3 is 14.6 Å². The number of rotatable bonds is 3. The van der Waals surface area contributed by atoms with Crippen LogP contribution in [0, 0.1) is 19.8 Å². The Morgan fingerprint density at radius 2 is 2.00 bits per heavy atom. The summed E-state index contributed by atoms with van der Waals surface area (Å²) in [6.45, 7) is 3.66. The van der Waals surface area contributed by atoms with E-state index in [1.807, 2.05) is 6.92 Å². The second-order valence-electron chi connectivity index (χ2n) is 6.12. The van der Waals surface area contributed by atoms with Crippen molar-refractivity contribution in [2.45, 2.75) is 45.6 Å². The van der Waals surface area contributed by atoms with Gasteiger partial charge in [-0.25, -0.2) is 0 Å². The van der Waals surface area contributed by atoms with Crippen LogP contribution in [0.1, 0.15) is 47.4 Å². The molecule has 1 heterocycles. The normalized spacial score (nSPS) is 21.9. The molecular formula is C16H24N2O3. The van der Waals surface area contributed by atoms with Gasteiger partial charge in [0.15, 0.2) is 0 Å². The van der Waals surface area contributed by atoms with Crippen LogP contribution in [0.25, 0.3) is 0 Å². The van der Waals surface area contributed by atoms with Gasteiger partial charge in [0.25, 0.3) is 5.91 Å². The third kappa shape index (κ3) is 3.46. The molecule has 0 saturated heterocycles. The molecule has 1 aromatic heterocycles. The number of carbonyl (C=O) groups is 2. The Bertz CT molecular complexity index is 514. The molecule has 0 bridgehead atoms.